The van der Waals surface area contributed by atoms with E-state index in [0.717, 1.165) is 17.7 Å². The SMILES string of the molecule is FC(F)(F)c1cccc(NC(=S)Nc2nn(Cc3ccc(Cl)cc3Cl)cc2Br)c1. The van der Waals surface area contributed by atoms with E-state index in [2.05, 4.69) is 31.7 Å². The highest BCUT2D eigenvalue weighted by molar-refractivity contribution is 9.10. The van der Waals surface area contributed by atoms with Crippen molar-refractivity contribution in [3.63, 3.8) is 0 Å². The molecule has 0 aliphatic heterocycles. The summed E-state index contributed by atoms with van der Waals surface area (Å²) in [7, 11) is 0. The summed E-state index contributed by atoms with van der Waals surface area (Å²) in [5, 5.41) is 11.1. The van der Waals surface area contributed by atoms with Crippen molar-refractivity contribution in [1.29, 1.82) is 0 Å². The monoisotopic (exact) mass is 522 g/mol. The van der Waals surface area contributed by atoms with Crippen LogP contribution in [0.4, 0.5) is 24.7 Å². The first-order valence-electron chi connectivity index (χ1n) is 8.04. The fourth-order valence-corrected chi connectivity index (χ4v) is 3.53. The van der Waals surface area contributed by atoms with Crippen LogP contribution < -0.4 is 10.6 Å². The summed E-state index contributed by atoms with van der Waals surface area (Å²) in [5.74, 6) is 0.402. The largest absolute Gasteiger partial charge is 0.416 e. The molecule has 0 bridgehead atoms. The molecule has 0 amide bonds. The van der Waals surface area contributed by atoms with Crippen LogP contribution in [0.1, 0.15) is 11.1 Å². The summed E-state index contributed by atoms with van der Waals surface area (Å²) in [6, 6.07) is 9.92. The third kappa shape index (κ3) is 5.85. The predicted molar refractivity (Wildman–Crippen MR) is 117 cm³/mol. The minimum absolute atomic E-state index is 0.0970. The second-order valence-electron chi connectivity index (χ2n) is 5.92. The Hall–Kier alpha value is -1.81. The van der Waals surface area contributed by atoms with Gasteiger partial charge in [0.25, 0.3) is 0 Å². The molecule has 0 atom stereocenters. The molecular weight excluding hydrogens is 512 g/mol. The number of halogens is 6. The molecule has 1 heterocycles. The lowest BCUT2D eigenvalue weighted by Crippen LogP contribution is -2.20. The molecule has 0 spiro atoms. The Morgan fingerprint density at radius 2 is 1.90 bits per heavy atom. The Bertz CT molecular complexity index is 1060. The van der Waals surface area contributed by atoms with Crippen molar-refractivity contribution in [2.75, 3.05) is 10.6 Å². The van der Waals surface area contributed by atoms with Gasteiger partial charge in [-0.05, 0) is 64.0 Å². The fourth-order valence-electron chi connectivity index (χ4n) is 2.43. The molecule has 0 aliphatic rings. The van der Waals surface area contributed by atoms with E-state index >= 15 is 0 Å². The number of aromatic nitrogens is 2. The normalized spacial score (nSPS) is 11.4. The molecule has 1 aromatic heterocycles. The van der Waals surface area contributed by atoms with Crippen molar-refractivity contribution in [3.8, 4) is 0 Å². The van der Waals surface area contributed by atoms with Crippen LogP contribution in [0.5, 0.6) is 0 Å². The van der Waals surface area contributed by atoms with Gasteiger partial charge in [-0.15, -0.1) is 0 Å². The zero-order valence-electron chi connectivity index (χ0n) is 14.4. The third-order valence-electron chi connectivity index (χ3n) is 3.74. The molecule has 0 saturated carbocycles. The van der Waals surface area contributed by atoms with Crippen molar-refractivity contribution in [2.24, 2.45) is 0 Å². The molecule has 0 unspecified atom stereocenters. The summed E-state index contributed by atoms with van der Waals surface area (Å²) in [5.41, 5.74) is 0.263. The number of nitrogens with zero attached hydrogens (tertiary/aromatic N) is 2. The number of nitrogens with one attached hydrogen (secondary N) is 2. The summed E-state index contributed by atoms with van der Waals surface area (Å²) < 4.78 is 40.7. The van der Waals surface area contributed by atoms with Crippen LogP contribution >= 0.6 is 51.3 Å². The van der Waals surface area contributed by atoms with Crippen LogP contribution in [-0.4, -0.2) is 14.9 Å². The van der Waals surface area contributed by atoms with E-state index in [1.165, 1.54) is 12.1 Å². The standard InChI is InChI=1S/C18H12BrCl2F3N4S/c19-14-9-28(8-10-4-5-12(20)7-15(10)21)27-16(14)26-17(29)25-13-3-1-2-11(6-13)18(22,23)24/h1-7,9H,8H2,(H2,25,26,27,29). The second-order valence-corrected chi connectivity index (χ2v) is 8.02. The smallest absolute Gasteiger partial charge is 0.332 e. The fraction of sp³-hybridized carbons (Fsp3) is 0.111. The number of alkyl halides is 3. The summed E-state index contributed by atoms with van der Waals surface area (Å²) >= 11 is 20.6. The van der Waals surface area contributed by atoms with Gasteiger partial charge in [-0.1, -0.05) is 35.3 Å². The highest BCUT2D eigenvalue weighted by Gasteiger charge is 2.30. The summed E-state index contributed by atoms with van der Waals surface area (Å²) in [4.78, 5) is 0. The maximum absolute atomic E-state index is 12.8. The van der Waals surface area contributed by atoms with Crippen LogP contribution in [0, 0.1) is 0 Å². The number of benzene rings is 2. The van der Waals surface area contributed by atoms with Gasteiger partial charge < -0.3 is 10.6 Å². The zero-order chi connectivity index (χ0) is 21.2. The molecule has 29 heavy (non-hydrogen) atoms. The van der Waals surface area contributed by atoms with E-state index in [-0.39, 0.29) is 10.8 Å². The molecule has 2 aromatic carbocycles. The zero-order valence-corrected chi connectivity index (χ0v) is 18.3. The van der Waals surface area contributed by atoms with E-state index in [4.69, 9.17) is 35.4 Å². The van der Waals surface area contributed by atoms with Gasteiger partial charge in [0.15, 0.2) is 10.9 Å². The van der Waals surface area contributed by atoms with E-state index < -0.39 is 11.7 Å². The van der Waals surface area contributed by atoms with E-state index in [1.807, 2.05) is 0 Å². The maximum Gasteiger partial charge on any atom is 0.416 e. The molecule has 0 fully saturated rings. The van der Waals surface area contributed by atoms with Crippen LogP contribution in [-0.2, 0) is 12.7 Å². The molecule has 2 N–H and O–H groups in total. The number of anilines is 2. The third-order valence-corrected chi connectivity index (χ3v) is 5.12. The minimum atomic E-state index is -4.43. The summed E-state index contributed by atoms with van der Waals surface area (Å²) in [6.07, 6.45) is -2.71. The molecule has 11 heteroatoms. The summed E-state index contributed by atoms with van der Waals surface area (Å²) in [6.45, 7) is 0.393. The molecule has 0 saturated heterocycles. The Kier molecular flexibility index (Phi) is 6.72. The quantitative estimate of drug-likeness (QED) is 0.368. The molecule has 152 valence electrons. The number of hydrogen-bond acceptors (Lipinski definition) is 2. The number of thiocarbonyl (C=S) groups is 1. The molecule has 0 aliphatic carbocycles. The van der Waals surface area contributed by atoms with Crippen molar-refractivity contribution in [3.05, 3.63) is 74.3 Å². The van der Waals surface area contributed by atoms with Crippen LogP contribution in [0.15, 0.2) is 53.1 Å². The molecule has 3 aromatic rings. The van der Waals surface area contributed by atoms with Gasteiger partial charge in [0.1, 0.15) is 0 Å². The topological polar surface area (TPSA) is 41.9 Å². The van der Waals surface area contributed by atoms with Crippen molar-refractivity contribution >= 4 is 68.0 Å². The van der Waals surface area contributed by atoms with E-state index in [9.17, 15) is 13.2 Å². The van der Waals surface area contributed by atoms with Crippen LogP contribution in [0.3, 0.4) is 0 Å². The van der Waals surface area contributed by atoms with Gasteiger partial charge in [-0.3, -0.25) is 4.68 Å². The first-order chi connectivity index (χ1) is 13.6. The van der Waals surface area contributed by atoms with E-state index in [1.54, 1.807) is 29.1 Å². The molecule has 4 nitrogen and oxygen atoms in total. The lowest BCUT2D eigenvalue weighted by Gasteiger charge is -2.12. The Labute approximate surface area is 188 Å². The minimum Gasteiger partial charge on any atom is -0.332 e. The Morgan fingerprint density at radius 3 is 2.59 bits per heavy atom. The van der Waals surface area contributed by atoms with Crippen molar-refractivity contribution in [2.45, 2.75) is 12.7 Å². The van der Waals surface area contributed by atoms with Gasteiger partial charge in [0.05, 0.1) is 16.6 Å². The highest BCUT2D eigenvalue weighted by atomic mass is 79.9. The first kappa shape index (κ1) is 21.9. The number of hydrogen-bond donors (Lipinski definition) is 2. The first-order valence-corrected chi connectivity index (χ1v) is 9.99. The lowest BCUT2D eigenvalue weighted by atomic mass is 10.2. The van der Waals surface area contributed by atoms with Gasteiger partial charge in [-0.25, -0.2) is 0 Å². The van der Waals surface area contributed by atoms with Crippen molar-refractivity contribution < 1.29 is 13.2 Å². The molecular formula is C18H12BrCl2F3N4S. The average Bonchev–Trinajstić information content (AvgIpc) is 2.96. The van der Waals surface area contributed by atoms with Crippen LogP contribution in [0.2, 0.25) is 10.0 Å². The average molecular weight is 524 g/mol. The second kappa shape index (κ2) is 8.91. The maximum atomic E-state index is 12.8. The lowest BCUT2D eigenvalue weighted by molar-refractivity contribution is -0.137. The molecule has 3 rings (SSSR count). The van der Waals surface area contributed by atoms with Gasteiger partial charge in [0, 0.05) is 21.9 Å². The highest BCUT2D eigenvalue weighted by Crippen LogP contribution is 2.31. The van der Waals surface area contributed by atoms with Gasteiger partial charge in [-0.2, -0.15) is 18.3 Å². The Balaban J connectivity index is 1.68. The molecule has 0 radical (unpaired) electrons. The Morgan fingerprint density at radius 1 is 1.14 bits per heavy atom. The predicted octanol–water partition coefficient (Wildman–Crippen LogP) is 6.83. The van der Waals surface area contributed by atoms with E-state index in [0.29, 0.717) is 26.9 Å². The van der Waals surface area contributed by atoms with Gasteiger partial charge >= 0.3 is 6.18 Å². The van der Waals surface area contributed by atoms with Crippen LogP contribution in [0.25, 0.3) is 0 Å². The van der Waals surface area contributed by atoms with Gasteiger partial charge in [0.2, 0.25) is 0 Å². The number of rotatable bonds is 4. The van der Waals surface area contributed by atoms with Crippen molar-refractivity contribution in [1.82, 2.24) is 9.78 Å².